The molecular weight excluding hydrogens is 371 g/mol. The van der Waals surface area contributed by atoms with E-state index < -0.39 is 37.2 Å². The average molecular weight is 398 g/mol. The number of hydrogen-bond acceptors (Lipinski definition) is 9. The van der Waals surface area contributed by atoms with Crippen LogP contribution in [0.4, 0.5) is 0 Å². The SMILES string of the molecule is CCCC(=O)CC(=O)[O-].CCCC(=O)CC(=O)[O-].CCCC(=O)CC(=O)[O-].[B+3]. The van der Waals surface area contributed by atoms with Crippen LogP contribution in [0.1, 0.15) is 78.6 Å². The van der Waals surface area contributed by atoms with E-state index in [0.29, 0.717) is 38.5 Å². The second-order valence-electron chi connectivity index (χ2n) is 5.51. The van der Waals surface area contributed by atoms with Gasteiger partial charge in [0.2, 0.25) is 0 Å². The number of ketones is 3. The van der Waals surface area contributed by atoms with Gasteiger partial charge in [0.05, 0.1) is 0 Å². The molecule has 0 saturated carbocycles. The van der Waals surface area contributed by atoms with Crippen molar-refractivity contribution in [2.24, 2.45) is 0 Å². The molecule has 0 aliphatic rings. The second kappa shape index (κ2) is 22.5. The van der Waals surface area contributed by atoms with Crippen molar-refractivity contribution in [1.29, 1.82) is 0 Å². The quantitative estimate of drug-likeness (QED) is 0.269. The zero-order chi connectivity index (χ0) is 21.8. The van der Waals surface area contributed by atoms with Crippen molar-refractivity contribution in [3.8, 4) is 0 Å². The van der Waals surface area contributed by atoms with Gasteiger partial charge in [-0.15, -0.1) is 0 Å². The summed E-state index contributed by atoms with van der Waals surface area (Å²) in [6, 6.07) is 0. The molecular formula is C18H27BO9. The molecule has 0 N–H and O–H groups in total. The van der Waals surface area contributed by atoms with E-state index in [2.05, 4.69) is 0 Å². The van der Waals surface area contributed by atoms with Crippen LogP contribution in [0.25, 0.3) is 0 Å². The molecule has 9 nitrogen and oxygen atoms in total. The van der Waals surface area contributed by atoms with Gasteiger partial charge in [-0.25, -0.2) is 0 Å². The maximum Gasteiger partial charge on any atom is 3.00 e. The molecule has 0 saturated heterocycles. The Bertz CT molecular complexity index is 430. The van der Waals surface area contributed by atoms with Crippen LogP contribution in [0, 0.1) is 0 Å². The van der Waals surface area contributed by atoms with Crippen molar-refractivity contribution >= 4 is 43.7 Å². The summed E-state index contributed by atoms with van der Waals surface area (Å²) in [7, 11) is 0. The molecule has 0 unspecified atom stereocenters. The van der Waals surface area contributed by atoms with Crippen molar-refractivity contribution in [3.05, 3.63) is 0 Å². The molecule has 28 heavy (non-hydrogen) atoms. The van der Waals surface area contributed by atoms with Crippen LogP contribution in [0.2, 0.25) is 0 Å². The van der Waals surface area contributed by atoms with E-state index in [1.54, 1.807) is 0 Å². The van der Waals surface area contributed by atoms with Crippen LogP contribution in [0.15, 0.2) is 0 Å². The molecule has 0 atom stereocenters. The molecule has 0 rings (SSSR count). The standard InChI is InChI=1S/3C6H10O3.B/c3*1-2-3-5(7)4-6(8)9;/h3*2-4H2,1H3,(H,8,9);/q;;;+3/p-3. The van der Waals surface area contributed by atoms with Crippen molar-refractivity contribution in [1.82, 2.24) is 0 Å². The smallest absolute Gasteiger partial charge is 0.550 e. The third-order valence-electron chi connectivity index (χ3n) is 2.61. The van der Waals surface area contributed by atoms with E-state index in [1.165, 1.54) is 0 Å². The Morgan fingerprint density at radius 1 is 0.500 bits per heavy atom. The maximum absolute atomic E-state index is 10.4. The zero-order valence-corrected chi connectivity index (χ0v) is 16.6. The summed E-state index contributed by atoms with van der Waals surface area (Å²) < 4.78 is 0. The summed E-state index contributed by atoms with van der Waals surface area (Å²) in [4.78, 5) is 60.6. The molecule has 0 aromatic rings. The summed E-state index contributed by atoms with van der Waals surface area (Å²) in [5, 5.41) is 29.3. The average Bonchev–Trinajstić information content (AvgIpc) is 2.46. The Morgan fingerprint density at radius 2 is 0.679 bits per heavy atom. The topological polar surface area (TPSA) is 172 Å². The van der Waals surface area contributed by atoms with Crippen LogP contribution >= 0.6 is 0 Å². The molecule has 0 radical (unpaired) electrons. The number of Topliss-reactive ketones (excluding diaryl/α,β-unsaturated/α-hetero) is 3. The fourth-order valence-electron chi connectivity index (χ4n) is 1.58. The Balaban J connectivity index is -0.000000152. The van der Waals surface area contributed by atoms with Gasteiger partial charge in [0, 0.05) is 56.4 Å². The van der Waals surface area contributed by atoms with Crippen LogP contribution in [0.3, 0.4) is 0 Å². The first-order chi connectivity index (χ1) is 12.5. The molecule has 0 heterocycles. The summed E-state index contributed by atoms with van der Waals surface area (Å²) in [5.41, 5.74) is 0. The van der Waals surface area contributed by atoms with Gasteiger partial charge in [0.15, 0.2) is 0 Å². The van der Waals surface area contributed by atoms with Gasteiger partial charge in [-0.3, -0.25) is 14.4 Å². The number of rotatable bonds is 12. The molecule has 0 spiro atoms. The number of carboxylic acids is 3. The predicted molar refractivity (Wildman–Crippen MR) is 94.4 cm³/mol. The normalized spacial score (nSPS) is 8.68. The number of aliphatic carboxylic acids is 3. The molecule has 0 aromatic carbocycles. The van der Waals surface area contributed by atoms with Crippen molar-refractivity contribution < 1.29 is 44.1 Å². The summed E-state index contributed by atoms with van der Waals surface area (Å²) in [6.07, 6.45) is 1.82. The monoisotopic (exact) mass is 398 g/mol. The molecule has 156 valence electrons. The predicted octanol–water partition coefficient (Wildman–Crippen LogP) is -1.89. The Kier molecular flexibility index (Phi) is 26.6. The zero-order valence-electron chi connectivity index (χ0n) is 16.6. The van der Waals surface area contributed by atoms with Crippen LogP contribution < -0.4 is 15.3 Å². The van der Waals surface area contributed by atoms with Gasteiger partial charge < -0.3 is 29.7 Å². The van der Waals surface area contributed by atoms with Crippen molar-refractivity contribution in [2.75, 3.05) is 0 Å². The Labute approximate surface area is 167 Å². The second-order valence-corrected chi connectivity index (χ2v) is 5.51. The van der Waals surface area contributed by atoms with E-state index in [9.17, 15) is 44.1 Å². The van der Waals surface area contributed by atoms with Gasteiger partial charge in [-0.2, -0.15) is 0 Å². The van der Waals surface area contributed by atoms with E-state index in [-0.39, 0.29) is 25.8 Å². The Morgan fingerprint density at radius 3 is 0.786 bits per heavy atom. The molecule has 0 bridgehead atoms. The van der Waals surface area contributed by atoms with E-state index >= 15 is 0 Å². The third-order valence-corrected chi connectivity index (χ3v) is 2.61. The third kappa shape index (κ3) is 34.7. The van der Waals surface area contributed by atoms with Gasteiger partial charge in [0.25, 0.3) is 0 Å². The fourth-order valence-corrected chi connectivity index (χ4v) is 1.58. The van der Waals surface area contributed by atoms with Crippen LogP contribution in [0.5, 0.6) is 0 Å². The van der Waals surface area contributed by atoms with Gasteiger partial charge in [0.1, 0.15) is 17.3 Å². The van der Waals surface area contributed by atoms with Crippen molar-refractivity contribution in [3.63, 3.8) is 0 Å². The fraction of sp³-hybridized carbons (Fsp3) is 0.667. The maximum atomic E-state index is 10.4. The first kappa shape index (κ1) is 33.1. The number of carbonyl (C=O) groups excluding carboxylic acids is 6. The van der Waals surface area contributed by atoms with E-state index in [1.807, 2.05) is 20.8 Å². The minimum absolute atomic E-state index is 0. The molecule has 0 amide bonds. The molecule has 0 aromatic heterocycles. The molecule has 10 heteroatoms. The van der Waals surface area contributed by atoms with Gasteiger partial charge in [-0.1, -0.05) is 20.8 Å². The summed E-state index contributed by atoms with van der Waals surface area (Å²) >= 11 is 0. The number of carboxylic acid groups (broad SMARTS) is 3. The molecule has 0 aliphatic carbocycles. The number of hydrogen-bond donors (Lipinski definition) is 0. The van der Waals surface area contributed by atoms with E-state index in [4.69, 9.17) is 0 Å². The summed E-state index contributed by atoms with van der Waals surface area (Å²) in [6.45, 7) is 5.48. The first-order valence-electron chi connectivity index (χ1n) is 8.64. The van der Waals surface area contributed by atoms with Gasteiger partial charge >= 0.3 is 8.41 Å². The van der Waals surface area contributed by atoms with E-state index in [0.717, 1.165) is 0 Å². The first-order valence-corrected chi connectivity index (χ1v) is 8.64. The van der Waals surface area contributed by atoms with Crippen LogP contribution in [-0.2, 0) is 28.8 Å². The minimum Gasteiger partial charge on any atom is -0.550 e. The van der Waals surface area contributed by atoms with Gasteiger partial charge in [-0.05, 0) is 19.3 Å². The molecule has 0 aliphatic heterocycles. The van der Waals surface area contributed by atoms with Crippen molar-refractivity contribution in [2.45, 2.75) is 78.6 Å². The summed E-state index contributed by atoms with van der Waals surface area (Å²) in [5.74, 6) is -4.61. The number of carbonyl (C=O) groups is 6. The van der Waals surface area contributed by atoms with Crippen LogP contribution in [-0.4, -0.2) is 43.7 Å². The Hall–Kier alpha value is -2.52. The minimum atomic E-state index is -1.28. The largest absolute Gasteiger partial charge is 3.00 e. The molecule has 0 fully saturated rings.